The van der Waals surface area contributed by atoms with E-state index in [1.54, 1.807) is 0 Å². The van der Waals surface area contributed by atoms with Crippen LogP contribution in [0.4, 0.5) is 5.82 Å². The number of aryl methyl sites for hydroxylation is 2. The van der Waals surface area contributed by atoms with Crippen LogP contribution in [0.2, 0.25) is 0 Å². The van der Waals surface area contributed by atoms with Crippen LogP contribution in [0.15, 0.2) is 6.07 Å². The topological polar surface area (TPSA) is 75.1 Å². The second kappa shape index (κ2) is 5.61. The molecule has 1 unspecified atom stereocenters. The molecule has 2 N–H and O–H groups in total. The van der Waals surface area contributed by atoms with E-state index >= 15 is 0 Å². The molecule has 1 aromatic rings. The van der Waals surface area contributed by atoms with Crippen molar-refractivity contribution in [1.82, 2.24) is 9.97 Å². The first-order valence-corrected chi connectivity index (χ1v) is 5.69. The summed E-state index contributed by atoms with van der Waals surface area (Å²) < 4.78 is 0. The lowest BCUT2D eigenvalue weighted by Gasteiger charge is -2.21. The molecule has 0 aromatic carbocycles. The quantitative estimate of drug-likeness (QED) is 0.819. The summed E-state index contributed by atoms with van der Waals surface area (Å²) in [5.41, 5.74) is 0.873. The number of carboxylic acid groups (broad SMARTS) is 1. The molecule has 0 spiro atoms. The van der Waals surface area contributed by atoms with Crippen molar-refractivity contribution in [2.24, 2.45) is 5.92 Å². The summed E-state index contributed by atoms with van der Waals surface area (Å²) in [7, 11) is 0. The van der Waals surface area contributed by atoms with Crippen LogP contribution < -0.4 is 5.32 Å². The van der Waals surface area contributed by atoms with Crippen LogP contribution in [-0.4, -0.2) is 27.1 Å². The summed E-state index contributed by atoms with van der Waals surface area (Å²) >= 11 is 0. The van der Waals surface area contributed by atoms with Gasteiger partial charge in [0, 0.05) is 17.8 Å². The van der Waals surface area contributed by atoms with Crippen molar-refractivity contribution >= 4 is 11.8 Å². The molecule has 1 heterocycles. The molecule has 1 rings (SSSR count). The molecule has 0 aliphatic carbocycles. The van der Waals surface area contributed by atoms with E-state index in [1.807, 2.05) is 33.8 Å². The maximum Gasteiger partial charge on any atom is 0.305 e. The van der Waals surface area contributed by atoms with Crippen LogP contribution in [0, 0.1) is 19.8 Å². The first kappa shape index (κ1) is 13.4. The van der Waals surface area contributed by atoms with Gasteiger partial charge in [-0.2, -0.15) is 0 Å². The van der Waals surface area contributed by atoms with E-state index in [-0.39, 0.29) is 18.4 Å². The van der Waals surface area contributed by atoms with Crippen LogP contribution in [-0.2, 0) is 4.79 Å². The van der Waals surface area contributed by atoms with Gasteiger partial charge in [-0.1, -0.05) is 13.8 Å². The molecule has 0 radical (unpaired) electrons. The third kappa shape index (κ3) is 4.38. The molecule has 0 aliphatic rings. The van der Waals surface area contributed by atoms with E-state index in [2.05, 4.69) is 15.3 Å². The minimum Gasteiger partial charge on any atom is -0.481 e. The van der Waals surface area contributed by atoms with E-state index in [1.165, 1.54) is 0 Å². The summed E-state index contributed by atoms with van der Waals surface area (Å²) in [6.07, 6.45) is 0.0831. The summed E-state index contributed by atoms with van der Waals surface area (Å²) in [6, 6.07) is 1.70. The Balaban J connectivity index is 2.81. The third-order valence-corrected chi connectivity index (χ3v) is 2.50. The van der Waals surface area contributed by atoms with E-state index in [9.17, 15) is 4.79 Å². The molecule has 0 fully saturated rings. The molecule has 5 nitrogen and oxygen atoms in total. The number of anilines is 1. The van der Waals surface area contributed by atoms with E-state index in [4.69, 9.17) is 5.11 Å². The Morgan fingerprint density at radius 2 is 2.06 bits per heavy atom. The highest BCUT2D eigenvalue weighted by Gasteiger charge is 2.17. The van der Waals surface area contributed by atoms with Gasteiger partial charge in [0.2, 0.25) is 0 Å². The Labute approximate surface area is 101 Å². The van der Waals surface area contributed by atoms with E-state index < -0.39 is 5.97 Å². The van der Waals surface area contributed by atoms with Crippen LogP contribution in [0.1, 0.15) is 31.8 Å². The first-order valence-electron chi connectivity index (χ1n) is 5.69. The second-order valence-electron chi connectivity index (χ2n) is 4.53. The van der Waals surface area contributed by atoms with Gasteiger partial charge in [-0.25, -0.2) is 9.97 Å². The lowest BCUT2D eigenvalue weighted by molar-refractivity contribution is -0.137. The summed E-state index contributed by atoms with van der Waals surface area (Å²) in [6.45, 7) is 7.68. The van der Waals surface area contributed by atoms with Gasteiger partial charge in [-0.3, -0.25) is 4.79 Å². The normalized spacial score (nSPS) is 12.5. The minimum absolute atomic E-state index is 0.0831. The molecule has 1 atom stereocenters. The Bertz CT molecular complexity index is 384. The zero-order valence-corrected chi connectivity index (χ0v) is 10.7. The number of carbonyl (C=O) groups is 1. The molecule has 0 amide bonds. The summed E-state index contributed by atoms with van der Waals surface area (Å²) in [5, 5.41) is 12.0. The van der Waals surface area contributed by atoms with Crippen LogP contribution in [0.3, 0.4) is 0 Å². The average molecular weight is 237 g/mol. The van der Waals surface area contributed by atoms with Crippen molar-refractivity contribution in [1.29, 1.82) is 0 Å². The highest BCUT2D eigenvalue weighted by atomic mass is 16.4. The summed E-state index contributed by atoms with van der Waals surface area (Å²) in [4.78, 5) is 19.2. The van der Waals surface area contributed by atoms with Crippen molar-refractivity contribution in [3.63, 3.8) is 0 Å². The number of aromatic nitrogens is 2. The fourth-order valence-corrected chi connectivity index (χ4v) is 1.62. The van der Waals surface area contributed by atoms with Crippen molar-refractivity contribution in [3.05, 3.63) is 17.6 Å². The monoisotopic (exact) mass is 237 g/mol. The predicted molar refractivity (Wildman–Crippen MR) is 66.0 cm³/mol. The third-order valence-electron chi connectivity index (χ3n) is 2.50. The average Bonchev–Trinajstić information content (AvgIpc) is 2.13. The SMILES string of the molecule is Cc1cc(NC(CC(=O)O)C(C)C)nc(C)n1. The fourth-order valence-electron chi connectivity index (χ4n) is 1.62. The number of aliphatic carboxylic acids is 1. The van der Waals surface area contributed by atoms with Crippen molar-refractivity contribution in [2.45, 2.75) is 40.2 Å². The van der Waals surface area contributed by atoms with Crippen molar-refractivity contribution in [3.8, 4) is 0 Å². The van der Waals surface area contributed by atoms with Crippen LogP contribution in [0.5, 0.6) is 0 Å². The van der Waals surface area contributed by atoms with Crippen LogP contribution in [0.25, 0.3) is 0 Å². The maximum atomic E-state index is 10.8. The van der Waals surface area contributed by atoms with E-state index in [0.717, 1.165) is 5.69 Å². The number of carboxylic acids is 1. The highest BCUT2D eigenvalue weighted by Crippen LogP contribution is 2.14. The Morgan fingerprint density at radius 3 is 2.53 bits per heavy atom. The molecular formula is C12H19N3O2. The molecule has 0 bridgehead atoms. The highest BCUT2D eigenvalue weighted by molar-refractivity contribution is 5.68. The number of nitrogens with zero attached hydrogens (tertiary/aromatic N) is 2. The molecular weight excluding hydrogens is 218 g/mol. The maximum absolute atomic E-state index is 10.8. The molecule has 5 heteroatoms. The van der Waals surface area contributed by atoms with Gasteiger partial charge in [0.1, 0.15) is 11.6 Å². The van der Waals surface area contributed by atoms with Gasteiger partial charge in [0.25, 0.3) is 0 Å². The molecule has 17 heavy (non-hydrogen) atoms. The Morgan fingerprint density at radius 1 is 1.41 bits per heavy atom. The predicted octanol–water partition coefficient (Wildman–Crippen LogP) is 2.00. The van der Waals surface area contributed by atoms with Gasteiger partial charge >= 0.3 is 5.97 Å². The number of rotatable bonds is 5. The standard InChI is InChI=1S/C12H19N3O2/c1-7(2)10(6-12(16)17)15-11-5-8(3)13-9(4)14-11/h5,7,10H,6H2,1-4H3,(H,16,17)(H,13,14,15). The van der Waals surface area contributed by atoms with Gasteiger partial charge < -0.3 is 10.4 Å². The molecule has 0 aliphatic heterocycles. The van der Waals surface area contributed by atoms with Gasteiger partial charge in [0.05, 0.1) is 6.42 Å². The second-order valence-corrected chi connectivity index (χ2v) is 4.53. The number of hydrogen-bond donors (Lipinski definition) is 2. The fraction of sp³-hybridized carbons (Fsp3) is 0.583. The van der Waals surface area contributed by atoms with Crippen LogP contribution >= 0.6 is 0 Å². The van der Waals surface area contributed by atoms with Crippen molar-refractivity contribution < 1.29 is 9.90 Å². The minimum atomic E-state index is -0.807. The van der Waals surface area contributed by atoms with Gasteiger partial charge in [-0.05, 0) is 19.8 Å². The number of nitrogens with one attached hydrogen (secondary N) is 1. The largest absolute Gasteiger partial charge is 0.481 e. The summed E-state index contributed by atoms with van der Waals surface area (Å²) in [5.74, 6) is 0.792. The zero-order chi connectivity index (χ0) is 13.0. The Hall–Kier alpha value is -1.65. The van der Waals surface area contributed by atoms with Crippen molar-refractivity contribution in [2.75, 3.05) is 5.32 Å². The molecule has 1 aromatic heterocycles. The Kier molecular flexibility index (Phi) is 4.43. The lowest BCUT2D eigenvalue weighted by atomic mass is 10.0. The molecule has 0 saturated heterocycles. The lowest BCUT2D eigenvalue weighted by Crippen LogP contribution is -2.29. The van der Waals surface area contributed by atoms with Gasteiger partial charge in [0.15, 0.2) is 0 Å². The van der Waals surface area contributed by atoms with Gasteiger partial charge in [-0.15, -0.1) is 0 Å². The zero-order valence-electron chi connectivity index (χ0n) is 10.7. The smallest absolute Gasteiger partial charge is 0.305 e. The van der Waals surface area contributed by atoms with E-state index in [0.29, 0.717) is 11.6 Å². The molecule has 94 valence electrons. The number of hydrogen-bond acceptors (Lipinski definition) is 4. The molecule has 0 saturated carbocycles. The first-order chi connectivity index (χ1) is 7.88.